The smallest absolute Gasteiger partial charge is 0.313 e. The molecule has 0 spiro atoms. The van der Waals surface area contributed by atoms with E-state index >= 15 is 0 Å². The van der Waals surface area contributed by atoms with Crippen molar-refractivity contribution in [2.24, 2.45) is 0 Å². The molecule has 2 heterocycles. The monoisotopic (exact) mass is 301 g/mol. The SMILES string of the molecule is CC(C)n1c(SCC(=O)O)nnc1C1(C)CCCS1. The predicted molar refractivity (Wildman–Crippen MR) is 77.8 cm³/mol. The van der Waals surface area contributed by atoms with E-state index in [9.17, 15) is 4.79 Å². The first kappa shape index (κ1) is 14.7. The zero-order valence-electron chi connectivity index (χ0n) is 11.4. The van der Waals surface area contributed by atoms with Crippen LogP contribution in [-0.2, 0) is 9.54 Å². The highest BCUT2D eigenvalue weighted by molar-refractivity contribution is 8.00. The summed E-state index contributed by atoms with van der Waals surface area (Å²) < 4.78 is 2.10. The largest absolute Gasteiger partial charge is 0.481 e. The maximum atomic E-state index is 10.7. The van der Waals surface area contributed by atoms with E-state index in [-0.39, 0.29) is 16.5 Å². The van der Waals surface area contributed by atoms with Gasteiger partial charge in [-0.3, -0.25) is 4.79 Å². The number of carboxylic acids is 1. The molecule has 1 N–H and O–H groups in total. The average Bonchev–Trinajstić information content (AvgIpc) is 2.93. The molecule has 2 rings (SSSR count). The van der Waals surface area contributed by atoms with Gasteiger partial charge in [0, 0.05) is 6.04 Å². The zero-order chi connectivity index (χ0) is 14.0. The third-order valence-corrected chi connectivity index (χ3v) is 5.64. The Bertz CT molecular complexity index is 468. The van der Waals surface area contributed by atoms with Gasteiger partial charge in [0.15, 0.2) is 5.16 Å². The highest BCUT2D eigenvalue weighted by Gasteiger charge is 2.37. The molecule has 0 radical (unpaired) electrons. The fraction of sp³-hybridized carbons (Fsp3) is 0.750. The van der Waals surface area contributed by atoms with Gasteiger partial charge in [-0.25, -0.2) is 0 Å². The number of thioether (sulfide) groups is 2. The van der Waals surface area contributed by atoms with E-state index in [1.54, 1.807) is 0 Å². The summed E-state index contributed by atoms with van der Waals surface area (Å²) in [5.41, 5.74) is 0. The molecule has 0 saturated carbocycles. The van der Waals surface area contributed by atoms with E-state index in [0.29, 0.717) is 5.16 Å². The molecule has 1 atom stereocenters. The standard InChI is InChI=1S/C12H19N3O2S2/c1-8(2)15-10(12(3)5-4-6-19-12)13-14-11(15)18-7-9(16)17/h8H,4-7H2,1-3H3,(H,16,17). The quantitative estimate of drug-likeness (QED) is 0.843. The van der Waals surface area contributed by atoms with Gasteiger partial charge >= 0.3 is 5.97 Å². The number of hydrogen-bond donors (Lipinski definition) is 1. The molecule has 1 fully saturated rings. The first-order valence-corrected chi connectivity index (χ1v) is 8.35. The summed E-state index contributed by atoms with van der Waals surface area (Å²) in [6.45, 7) is 6.38. The summed E-state index contributed by atoms with van der Waals surface area (Å²) >= 11 is 3.16. The van der Waals surface area contributed by atoms with Gasteiger partial charge in [-0.1, -0.05) is 11.8 Å². The first-order valence-electron chi connectivity index (χ1n) is 6.38. The van der Waals surface area contributed by atoms with Crippen LogP contribution >= 0.6 is 23.5 Å². The number of carboxylic acid groups (broad SMARTS) is 1. The van der Waals surface area contributed by atoms with E-state index < -0.39 is 5.97 Å². The van der Waals surface area contributed by atoms with E-state index in [2.05, 4.69) is 35.5 Å². The lowest BCUT2D eigenvalue weighted by Crippen LogP contribution is -2.21. The molecular formula is C12H19N3O2S2. The molecular weight excluding hydrogens is 282 g/mol. The summed E-state index contributed by atoms with van der Waals surface area (Å²) in [5.74, 6) is 1.33. The normalized spacial score (nSPS) is 23.2. The highest BCUT2D eigenvalue weighted by Crippen LogP contribution is 2.46. The molecule has 1 aliphatic rings. The Labute approximate surface area is 121 Å². The van der Waals surface area contributed by atoms with Gasteiger partial charge in [0.25, 0.3) is 0 Å². The van der Waals surface area contributed by atoms with Gasteiger partial charge < -0.3 is 9.67 Å². The lowest BCUT2D eigenvalue weighted by molar-refractivity contribution is -0.133. The van der Waals surface area contributed by atoms with E-state index in [1.165, 1.54) is 18.2 Å². The number of aromatic nitrogens is 3. The van der Waals surface area contributed by atoms with Crippen molar-refractivity contribution in [2.45, 2.75) is 49.6 Å². The molecule has 19 heavy (non-hydrogen) atoms. The average molecular weight is 301 g/mol. The van der Waals surface area contributed by atoms with Crippen LogP contribution in [-0.4, -0.2) is 37.3 Å². The van der Waals surface area contributed by atoms with Crippen molar-refractivity contribution in [3.63, 3.8) is 0 Å². The van der Waals surface area contributed by atoms with Crippen molar-refractivity contribution >= 4 is 29.5 Å². The van der Waals surface area contributed by atoms with Gasteiger partial charge in [-0.2, -0.15) is 0 Å². The van der Waals surface area contributed by atoms with Crippen LogP contribution < -0.4 is 0 Å². The van der Waals surface area contributed by atoms with E-state index in [4.69, 9.17) is 5.11 Å². The number of carbonyl (C=O) groups is 1. The minimum Gasteiger partial charge on any atom is -0.481 e. The van der Waals surface area contributed by atoms with Crippen LogP contribution in [0.5, 0.6) is 0 Å². The van der Waals surface area contributed by atoms with Crippen molar-refractivity contribution in [2.75, 3.05) is 11.5 Å². The fourth-order valence-electron chi connectivity index (χ4n) is 2.28. The second kappa shape index (κ2) is 5.75. The van der Waals surface area contributed by atoms with Crippen molar-refractivity contribution < 1.29 is 9.90 Å². The van der Waals surface area contributed by atoms with Crippen molar-refractivity contribution in [1.29, 1.82) is 0 Å². The van der Waals surface area contributed by atoms with E-state index in [0.717, 1.165) is 18.0 Å². The van der Waals surface area contributed by atoms with Crippen LogP contribution in [0.25, 0.3) is 0 Å². The Kier molecular flexibility index (Phi) is 4.45. The maximum Gasteiger partial charge on any atom is 0.313 e. The van der Waals surface area contributed by atoms with Crippen LogP contribution in [0.15, 0.2) is 5.16 Å². The Morgan fingerprint density at radius 1 is 1.58 bits per heavy atom. The number of rotatable bonds is 5. The third-order valence-electron chi connectivity index (χ3n) is 3.20. The summed E-state index contributed by atoms with van der Waals surface area (Å²) in [5, 5.41) is 18.0. The molecule has 1 unspecified atom stereocenters. The van der Waals surface area contributed by atoms with Crippen LogP contribution in [0.2, 0.25) is 0 Å². The molecule has 0 aliphatic carbocycles. The maximum absolute atomic E-state index is 10.7. The Morgan fingerprint density at radius 3 is 2.84 bits per heavy atom. The summed E-state index contributed by atoms with van der Waals surface area (Å²) in [7, 11) is 0. The number of aliphatic carboxylic acids is 1. The molecule has 1 aliphatic heterocycles. The summed E-state index contributed by atoms with van der Waals surface area (Å²) in [4.78, 5) is 10.7. The Morgan fingerprint density at radius 2 is 2.32 bits per heavy atom. The first-order chi connectivity index (χ1) is 8.94. The van der Waals surface area contributed by atoms with E-state index in [1.807, 2.05) is 11.8 Å². The van der Waals surface area contributed by atoms with Crippen molar-refractivity contribution in [3.8, 4) is 0 Å². The highest BCUT2D eigenvalue weighted by atomic mass is 32.2. The molecule has 0 bridgehead atoms. The second-order valence-corrected chi connectivity index (χ2v) is 7.68. The van der Waals surface area contributed by atoms with Gasteiger partial charge in [-0.15, -0.1) is 22.0 Å². The van der Waals surface area contributed by atoms with Gasteiger partial charge in [0.1, 0.15) is 5.82 Å². The number of hydrogen-bond acceptors (Lipinski definition) is 5. The minimum atomic E-state index is -0.827. The second-order valence-electron chi connectivity index (χ2n) is 5.14. The van der Waals surface area contributed by atoms with Crippen LogP contribution in [0.1, 0.15) is 45.5 Å². The lowest BCUT2D eigenvalue weighted by Gasteiger charge is -2.24. The zero-order valence-corrected chi connectivity index (χ0v) is 13.1. The Hall–Kier alpha value is -0.690. The summed E-state index contributed by atoms with van der Waals surface area (Å²) in [6.07, 6.45) is 2.30. The van der Waals surface area contributed by atoms with Crippen LogP contribution in [0.3, 0.4) is 0 Å². The molecule has 1 saturated heterocycles. The lowest BCUT2D eigenvalue weighted by atomic mass is 10.0. The molecule has 106 valence electrons. The van der Waals surface area contributed by atoms with Gasteiger partial charge in [-0.05, 0) is 39.4 Å². The fourth-order valence-corrected chi connectivity index (χ4v) is 4.37. The number of nitrogens with zero attached hydrogens (tertiary/aromatic N) is 3. The van der Waals surface area contributed by atoms with Gasteiger partial charge in [0.2, 0.25) is 0 Å². The predicted octanol–water partition coefficient (Wildman–Crippen LogP) is 2.78. The van der Waals surface area contributed by atoms with Crippen molar-refractivity contribution in [1.82, 2.24) is 14.8 Å². The van der Waals surface area contributed by atoms with Crippen molar-refractivity contribution in [3.05, 3.63) is 5.82 Å². The molecule has 0 amide bonds. The summed E-state index contributed by atoms with van der Waals surface area (Å²) in [6, 6.07) is 0.235. The minimum absolute atomic E-state index is 0.0132. The molecule has 7 heteroatoms. The van der Waals surface area contributed by atoms with Gasteiger partial charge in [0.05, 0.1) is 10.5 Å². The molecule has 1 aromatic heterocycles. The molecule has 5 nitrogen and oxygen atoms in total. The van der Waals surface area contributed by atoms with Crippen LogP contribution in [0.4, 0.5) is 0 Å². The molecule has 1 aromatic rings. The van der Waals surface area contributed by atoms with Crippen LogP contribution in [0, 0.1) is 0 Å². The topological polar surface area (TPSA) is 68.0 Å². The Balaban J connectivity index is 2.31. The molecule has 0 aromatic carbocycles. The third kappa shape index (κ3) is 3.08.